The van der Waals surface area contributed by atoms with Gasteiger partial charge in [-0.15, -0.1) is 0 Å². The van der Waals surface area contributed by atoms with E-state index < -0.39 is 0 Å². The SMILES string of the molecule is COc1ccc(C(CN)Cc2cccc(C#N)c2)cc1OC. The van der Waals surface area contributed by atoms with E-state index >= 15 is 0 Å². The summed E-state index contributed by atoms with van der Waals surface area (Å²) in [6.45, 7) is 0.520. The van der Waals surface area contributed by atoms with Gasteiger partial charge in [-0.3, -0.25) is 0 Å². The fraction of sp³-hybridized carbons (Fsp3) is 0.278. The number of nitrogens with zero attached hydrogens (tertiary/aromatic N) is 1. The summed E-state index contributed by atoms with van der Waals surface area (Å²) in [5.41, 5.74) is 8.82. The van der Waals surface area contributed by atoms with E-state index in [0.29, 0.717) is 23.6 Å². The van der Waals surface area contributed by atoms with Crippen LogP contribution in [0.4, 0.5) is 0 Å². The lowest BCUT2D eigenvalue weighted by Crippen LogP contribution is -2.15. The number of rotatable bonds is 6. The number of benzene rings is 2. The molecule has 0 aliphatic rings. The first-order chi connectivity index (χ1) is 10.7. The first-order valence-corrected chi connectivity index (χ1v) is 7.12. The lowest BCUT2D eigenvalue weighted by Gasteiger charge is -2.17. The quantitative estimate of drug-likeness (QED) is 0.890. The van der Waals surface area contributed by atoms with Gasteiger partial charge in [0.15, 0.2) is 11.5 Å². The van der Waals surface area contributed by atoms with Crippen molar-refractivity contribution in [2.45, 2.75) is 12.3 Å². The number of hydrogen-bond donors (Lipinski definition) is 1. The smallest absolute Gasteiger partial charge is 0.160 e. The van der Waals surface area contributed by atoms with Gasteiger partial charge in [-0.2, -0.15) is 5.26 Å². The third-order valence-electron chi connectivity index (χ3n) is 3.70. The van der Waals surface area contributed by atoms with Gasteiger partial charge in [-0.05, 0) is 48.4 Å². The molecule has 0 amide bonds. The summed E-state index contributed by atoms with van der Waals surface area (Å²) in [6, 6.07) is 15.7. The minimum absolute atomic E-state index is 0.161. The van der Waals surface area contributed by atoms with Crippen molar-refractivity contribution in [2.24, 2.45) is 5.73 Å². The maximum Gasteiger partial charge on any atom is 0.160 e. The molecule has 0 saturated carbocycles. The van der Waals surface area contributed by atoms with Gasteiger partial charge in [0.1, 0.15) is 0 Å². The maximum absolute atomic E-state index is 8.99. The normalized spacial score (nSPS) is 11.5. The van der Waals surface area contributed by atoms with Crippen molar-refractivity contribution in [3.8, 4) is 17.6 Å². The van der Waals surface area contributed by atoms with Crippen LogP contribution in [0.15, 0.2) is 42.5 Å². The molecule has 4 heteroatoms. The zero-order chi connectivity index (χ0) is 15.9. The minimum atomic E-state index is 0.161. The summed E-state index contributed by atoms with van der Waals surface area (Å²) in [5, 5.41) is 8.99. The molecule has 22 heavy (non-hydrogen) atoms. The Labute approximate surface area is 131 Å². The average molecular weight is 296 g/mol. The molecule has 1 unspecified atom stereocenters. The summed E-state index contributed by atoms with van der Waals surface area (Å²) >= 11 is 0. The lowest BCUT2D eigenvalue weighted by molar-refractivity contribution is 0.354. The molecule has 0 bridgehead atoms. The summed E-state index contributed by atoms with van der Waals surface area (Å²) in [6.07, 6.45) is 0.779. The Morgan fingerprint density at radius 3 is 2.50 bits per heavy atom. The molecule has 0 saturated heterocycles. The molecular formula is C18H20N2O2. The summed E-state index contributed by atoms with van der Waals surface area (Å²) in [7, 11) is 3.24. The van der Waals surface area contributed by atoms with Gasteiger partial charge in [0.05, 0.1) is 25.9 Å². The molecule has 0 aliphatic carbocycles. The van der Waals surface area contributed by atoms with Crippen LogP contribution in [0.25, 0.3) is 0 Å². The molecule has 1 atom stereocenters. The van der Waals surface area contributed by atoms with Gasteiger partial charge >= 0.3 is 0 Å². The van der Waals surface area contributed by atoms with Crippen LogP contribution in [0, 0.1) is 11.3 Å². The average Bonchev–Trinajstić information content (AvgIpc) is 2.59. The number of hydrogen-bond acceptors (Lipinski definition) is 4. The Morgan fingerprint density at radius 1 is 1.09 bits per heavy atom. The maximum atomic E-state index is 8.99. The predicted molar refractivity (Wildman–Crippen MR) is 86.2 cm³/mol. The standard InChI is InChI=1S/C18H20N2O2/c1-21-17-7-6-15(10-18(17)22-2)16(12-20)9-13-4-3-5-14(8-13)11-19/h3-8,10,16H,9,12,20H2,1-2H3. The molecule has 2 aromatic carbocycles. The van der Waals surface area contributed by atoms with Crippen LogP contribution in [0.2, 0.25) is 0 Å². The van der Waals surface area contributed by atoms with E-state index in [-0.39, 0.29) is 5.92 Å². The number of ether oxygens (including phenoxy) is 2. The summed E-state index contributed by atoms with van der Waals surface area (Å²) in [4.78, 5) is 0. The Morgan fingerprint density at radius 2 is 1.86 bits per heavy atom. The molecule has 2 aromatic rings. The molecule has 114 valence electrons. The summed E-state index contributed by atoms with van der Waals surface area (Å²) < 4.78 is 10.6. The first-order valence-electron chi connectivity index (χ1n) is 7.12. The number of nitriles is 1. The van der Waals surface area contributed by atoms with Crippen molar-refractivity contribution in [3.05, 3.63) is 59.2 Å². The van der Waals surface area contributed by atoms with Crippen LogP contribution >= 0.6 is 0 Å². The summed E-state index contributed by atoms with van der Waals surface area (Å²) in [5.74, 6) is 1.56. The van der Waals surface area contributed by atoms with Crippen molar-refractivity contribution < 1.29 is 9.47 Å². The molecular weight excluding hydrogens is 276 g/mol. The fourth-order valence-electron chi connectivity index (χ4n) is 2.50. The van der Waals surface area contributed by atoms with Crippen molar-refractivity contribution in [2.75, 3.05) is 20.8 Å². The second-order valence-electron chi connectivity index (χ2n) is 5.06. The van der Waals surface area contributed by atoms with Crippen LogP contribution in [0.5, 0.6) is 11.5 Å². The van der Waals surface area contributed by atoms with E-state index in [0.717, 1.165) is 17.5 Å². The Hall–Kier alpha value is -2.51. The number of nitrogens with two attached hydrogens (primary N) is 1. The van der Waals surface area contributed by atoms with E-state index in [4.69, 9.17) is 20.5 Å². The predicted octanol–water partition coefficient (Wildman–Crippen LogP) is 2.86. The lowest BCUT2D eigenvalue weighted by atomic mass is 9.91. The van der Waals surface area contributed by atoms with Gasteiger partial charge in [-0.1, -0.05) is 18.2 Å². The monoisotopic (exact) mass is 296 g/mol. The van der Waals surface area contributed by atoms with E-state index in [1.165, 1.54) is 0 Å². The van der Waals surface area contributed by atoms with Crippen molar-refractivity contribution >= 4 is 0 Å². The third-order valence-corrected chi connectivity index (χ3v) is 3.70. The molecule has 0 aliphatic heterocycles. The molecule has 0 spiro atoms. The second kappa shape index (κ2) is 7.48. The van der Waals surface area contributed by atoms with Crippen LogP contribution in [-0.4, -0.2) is 20.8 Å². The molecule has 0 radical (unpaired) electrons. The van der Waals surface area contributed by atoms with Gasteiger partial charge in [0, 0.05) is 5.92 Å². The molecule has 0 aromatic heterocycles. The molecule has 4 nitrogen and oxygen atoms in total. The second-order valence-corrected chi connectivity index (χ2v) is 5.06. The van der Waals surface area contributed by atoms with Crippen molar-refractivity contribution in [1.29, 1.82) is 5.26 Å². The van der Waals surface area contributed by atoms with E-state index in [9.17, 15) is 0 Å². The van der Waals surface area contributed by atoms with E-state index in [2.05, 4.69) is 6.07 Å². The topological polar surface area (TPSA) is 68.3 Å². The molecule has 2 rings (SSSR count). The molecule has 0 fully saturated rings. The molecule has 0 heterocycles. The Balaban J connectivity index is 2.26. The fourth-order valence-corrected chi connectivity index (χ4v) is 2.50. The van der Waals surface area contributed by atoms with Crippen LogP contribution in [-0.2, 0) is 6.42 Å². The van der Waals surface area contributed by atoms with E-state index in [1.54, 1.807) is 20.3 Å². The van der Waals surface area contributed by atoms with Crippen LogP contribution in [0.3, 0.4) is 0 Å². The van der Waals surface area contributed by atoms with Crippen LogP contribution < -0.4 is 15.2 Å². The minimum Gasteiger partial charge on any atom is -0.493 e. The highest BCUT2D eigenvalue weighted by molar-refractivity contribution is 5.44. The van der Waals surface area contributed by atoms with Crippen molar-refractivity contribution in [1.82, 2.24) is 0 Å². The Bertz CT molecular complexity index is 677. The highest BCUT2D eigenvalue weighted by atomic mass is 16.5. The van der Waals surface area contributed by atoms with Crippen molar-refractivity contribution in [3.63, 3.8) is 0 Å². The molecule has 2 N–H and O–H groups in total. The van der Waals surface area contributed by atoms with Gasteiger partial charge in [-0.25, -0.2) is 0 Å². The van der Waals surface area contributed by atoms with Gasteiger partial charge in [0.25, 0.3) is 0 Å². The largest absolute Gasteiger partial charge is 0.493 e. The zero-order valence-corrected chi connectivity index (χ0v) is 12.9. The first kappa shape index (κ1) is 15.9. The number of methoxy groups -OCH3 is 2. The third kappa shape index (κ3) is 3.57. The van der Waals surface area contributed by atoms with E-state index in [1.807, 2.05) is 36.4 Å². The zero-order valence-electron chi connectivity index (χ0n) is 12.9. The Kier molecular flexibility index (Phi) is 5.40. The van der Waals surface area contributed by atoms with Gasteiger partial charge < -0.3 is 15.2 Å². The highest BCUT2D eigenvalue weighted by Crippen LogP contribution is 2.31. The van der Waals surface area contributed by atoms with Crippen LogP contribution in [0.1, 0.15) is 22.6 Å². The van der Waals surface area contributed by atoms with Gasteiger partial charge in [0.2, 0.25) is 0 Å². The highest BCUT2D eigenvalue weighted by Gasteiger charge is 2.14.